The number of fused-ring (bicyclic) bond motifs is 1. The van der Waals surface area contributed by atoms with E-state index in [0.29, 0.717) is 45.1 Å². The smallest absolute Gasteiger partial charge is 0.336 e. The molecule has 0 fully saturated rings. The minimum Gasteiger partial charge on any atom is -0.464 e. The molecule has 3 aromatic rings. The van der Waals surface area contributed by atoms with Crippen molar-refractivity contribution in [2.75, 3.05) is 18.1 Å². The second-order valence-electron chi connectivity index (χ2n) is 9.39. The summed E-state index contributed by atoms with van der Waals surface area (Å²) in [6.45, 7) is 4.06. The van der Waals surface area contributed by atoms with Crippen molar-refractivity contribution in [3.63, 3.8) is 0 Å². The molecule has 0 bridgehead atoms. The summed E-state index contributed by atoms with van der Waals surface area (Å²) in [6, 6.07) is 14.5. The Kier molecular flexibility index (Phi) is 7.77. The molecule has 0 saturated carbocycles. The highest BCUT2D eigenvalue weighted by Gasteiger charge is 2.43. The SMILES string of the molecule is CCSCCOC(=O)C1=C(C)NC2=C(C(=O)C[C@H](c3ccccc3Cl)C2)[C@@H]1c1coc2ccccc2c1=O. The zero-order valence-corrected chi connectivity index (χ0v) is 22.8. The van der Waals surface area contributed by atoms with Crippen LogP contribution in [0.25, 0.3) is 11.0 Å². The number of halogens is 1. The van der Waals surface area contributed by atoms with Gasteiger partial charge in [0.1, 0.15) is 12.2 Å². The lowest BCUT2D eigenvalue weighted by Crippen LogP contribution is -2.37. The average Bonchev–Trinajstić information content (AvgIpc) is 2.91. The van der Waals surface area contributed by atoms with Crippen LogP contribution in [-0.2, 0) is 14.3 Å². The summed E-state index contributed by atoms with van der Waals surface area (Å²) in [7, 11) is 0. The van der Waals surface area contributed by atoms with Gasteiger partial charge in [0.25, 0.3) is 0 Å². The Morgan fingerprint density at radius 1 is 1.11 bits per heavy atom. The number of thioether (sulfide) groups is 1. The molecule has 0 amide bonds. The van der Waals surface area contributed by atoms with Crippen molar-refractivity contribution < 1.29 is 18.7 Å². The molecule has 1 aliphatic carbocycles. The van der Waals surface area contributed by atoms with E-state index in [2.05, 4.69) is 5.32 Å². The van der Waals surface area contributed by atoms with Crippen LogP contribution in [0.5, 0.6) is 0 Å². The molecule has 6 nitrogen and oxygen atoms in total. The third kappa shape index (κ3) is 4.93. The van der Waals surface area contributed by atoms with Gasteiger partial charge in [0.05, 0.1) is 23.1 Å². The maximum Gasteiger partial charge on any atom is 0.336 e. The van der Waals surface area contributed by atoms with Crippen molar-refractivity contribution in [3.05, 3.63) is 104 Å². The van der Waals surface area contributed by atoms with Crippen molar-refractivity contribution in [1.29, 1.82) is 0 Å². The molecular formula is C30H28ClNO5S. The highest BCUT2D eigenvalue weighted by molar-refractivity contribution is 7.99. The van der Waals surface area contributed by atoms with E-state index in [4.69, 9.17) is 20.8 Å². The molecule has 0 unspecified atom stereocenters. The summed E-state index contributed by atoms with van der Waals surface area (Å²) in [5.41, 5.74) is 3.25. The second-order valence-corrected chi connectivity index (χ2v) is 11.2. The summed E-state index contributed by atoms with van der Waals surface area (Å²) < 4.78 is 11.4. The van der Waals surface area contributed by atoms with Crippen LogP contribution in [0.15, 0.2) is 86.5 Å². The zero-order valence-electron chi connectivity index (χ0n) is 21.2. The Labute approximate surface area is 230 Å². The standard InChI is InChI=1S/C30H28ClNO5S/c1-3-38-13-12-36-30(35)26-17(2)32-23-14-18(19-8-4-6-10-22(19)31)15-24(33)28(23)27(26)21-16-37-25-11-7-5-9-20(25)29(21)34/h4-11,16,18,27,32H,3,12-15H2,1-2H3/t18-,27-/m1/s1. The first-order valence-corrected chi connectivity index (χ1v) is 14.2. The van der Waals surface area contributed by atoms with Gasteiger partial charge >= 0.3 is 5.97 Å². The van der Waals surface area contributed by atoms with Gasteiger partial charge in [-0.1, -0.05) is 48.9 Å². The van der Waals surface area contributed by atoms with Crippen LogP contribution in [0, 0.1) is 0 Å². The first-order valence-electron chi connectivity index (χ1n) is 12.6. The summed E-state index contributed by atoms with van der Waals surface area (Å²) in [6.07, 6.45) is 2.12. The van der Waals surface area contributed by atoms with Crippen LogP contribution >= 0.6 is 23.4 Å². The number of hydrogen-bond acceptors (Lipinski definition) is 7. The van der Waals surface area contributed by atoms with E-state index in [1.165, 1.54) is 6.26 Å². The summed E-state index contributed by atoms with van der Waals surface area (Å²) >= 11 is 8.14. The van der Waals surface area contributed by atoms with E-state index in [1.54, 1.807) is 43.0 Å². The van der Waals surface area contributed by atoms with Gasteiger partial charge in [0.15, 0.2) is 11.2 Å². The predicted molar refractivity (Wildman–Crippen MR) is 150 cm³/mol. The molecule has 1 aromatic heterocycles. The molecule has 1 N–H and O–H groups in total. The van der Waals surface area contributed by atoms with Crippen LogP contribution in [0.4, 0.5) is 0 Å². The Bertz CT molecular complexity index is 1540. The fraction of sp³-hybridized carbons (Fsp3) is 0.300. The van der Waals surface area contributed by atoms with Gasteiger partial charge in [-0.3, -0.25) is 9.59 Å². The normalized spacial score (nSPS) is 19.4. The van der Waals surface area contributed by atoms with Gasteiger partial charge < -0.3 is 14.5 Å². The highest BCUT2D eigenvalue weighted by atomic mass is 35.5. The number of Topliss-reactive ketones (excluding diaryl/α,β-unsaturated/α-hetero) is 1. The van der Waals surface area contributed by atoms with Crippen molar-refractivity contribution in [1.82, 2.24) is 5.32 Å². The number of esters is 1. The highest BCUT2D eigenvalue weighted by Crippen LogP contribution is 2.46. The first kappa shape index (κ1) is 26.3. The van der Waals surface area contributed by atoms with Crippen LogP contribution < -0.4 is 10.7 Å². The maximum absolute atomic E-state index is 13.8. The average molecular weight is 550 g/mol. The molecule has 38 heavy (non-hydrogen) atoms. The third-order valence-electron chi connectivity index (χ3n) is 7.08. The van der Waals surface area contributed by atoms with Crippen LogP contribution in [-0.4, -0.2) is 29.9 Å². The molecule has 0 saturated heterocycles. The number of ketones is 1. The molecule has 2 aliphatic rings. The number of nitrogens with one attached hydrogen (secondary N) is 1. The van der Waals surface area contributed by atoms with E-state index >= 15 is 0 Å². The summed E-state index contributed by atoms with van der Waals surface area (Å²) in [5, 5.41) is 4.32. The van der Waals surface area contributed by atoms with Crippen molar-refractivity contribution >= 4 is 46.1 Å². The second kappa shape index (κ2) is 11.2. The van der Waals surface area contributed by atoms with E-state index < -0.39 is 11.9 Å². The molecule has 8 heteroatoms. The third-order valence-corrected chi connectivity index (χ3v) is 8.28. The van der Waals surface area contributed by atoms with Crippen LogP contribution in [0.2, 0.25) is 5.02 Å². The monoisotopic (exact) mass is 549 g/mol. The number of allylic oxidation sites excluding steroid dienone is 3. The van der Waals surface area contributed by atoms with Crippen molar-refractivity contribution in [2.24, 2.45) is 0 Å². The quantitative estimate of drug-likeness (QED) is 0.281. The fourth-order valence-corrected chi connectivity index (χ4v) is 6.13. The number of para-hydroxylation sites is 1. The molecule has 0 radical (unpaired) electrons. The molecular weight excluding hydrogens is 522 g/mol. The predicted octanol–water partition coefficient (Wildman–Crippen LogP) is 6.10. The number of dihydropyridines is 1. The Morgan fingerprint density at radius 3 is 2.66 bits per heavy atom. The first-order chi connectivity index (χ1) is 18.4. The number of benzene rings is 2. The molecule has 1 aliphatic heterocycles. The maximum atomic E-state index is 13.8. The zero-order chi connectivity index (χ0) is 26.8. The van der Waals surface area contributed by atoms with Gasteiger partial charge in [0, 0.05) is 39.7 Å². The molecule has 2 atom stereocenters. The Balaban J connectivity index is 1.61. The van der Waals surface area contributed by atoms with E-state index in [9.17, 15) is 14.4 Å². The fourth-order valence-electron chi connectivity index (χ4n) is 5.35. The van der Waals surface area contributed by atoms with Crippen molar-refractivity contribution in [2.45, 2.75) is 38.5 Å². The van der Waals surface area contributed by atoms with E-state index in [0.717, 1.165) is 11.3 Å². The largest absolute Gasteiger partial charge is 0.464 e. The number of rotatable bonds is 7. The van der Waals surface area contributed by atoms with Gasteiger partial charge in [-0.15, -0.1) is 0 Å². The van der Waals surface area contributed by atoms with Crippen LogP contribution in [0.1, 0.15) is 49.7 Å². The molecule has 2 heterocycles. The number of ether oxygens (including phenoxy) is 1. The number of carbonyl (C=O) groups excluding carboxylic acids is 2. The van der Waals surface area contributed by atoms with Gasteiger partial charge in [-0.05, 0) is 48.8 Å². The van der Waals surface area contributed by atoms with E-state index in [-0.39, 0.29) is 41.3 Å². The van der Waals surface area contributed by atoms with Crippen molar-refractivity contribution in [3.8, 4) is 0 Å². The number of carbonyl (C=O) groups is 2. The molecule has 196 valence electrons. The minimum absolute atomic E-state index is 0.122. The number of hydrogen-bond donors (Lipinski definition) is 1. The Morgan fingerprint density at radius 2 is 1.87 bits per heavy atom. The van der Waals surface area contributed by atoms with Gasteiger partial charge in [-0.25, -0.2) is 4.79 Å². The van der Waals surface area contributed by atoms with Crippen LogP contribution in [0.3, 0.4) is 0 Å². The lowest BCUT2D eigenvalue weighted by atomic mass is 9.72. The molecule has 2 aromatic carbocycles. The molecule has 0 spiro atoms. The Hall–Kier alpha value is -3.29. The molecule has 5 rings (SSSR count). The van der Waals surface area contributed by atoms with Gasteiger partial charge in [0.2, 0.25) is 0 Å². The summed E-state index contributed by atoms with van der Waals surface area (Å²) in [4.78, 5) is 40.9. The van der Waals surface area contributed by atoms with Gasteiger partial charge in [-0.2, -0.15) is 11.8 Å². The topological polar surface area (TPSA) is 85.6 Å². The summed E-state index contributed by atoms with van der Waals surface area (Å²) in [5.74, 6) is -0.116. The minimum atomic E-state index is -0.891. The lowest BCUT2D eigenvalue weighted by molar-refractivity contribution is -0.138. The lowest BCUT2D eigenvalue weighted by Gasteiger charge is -2.36. The van der Waals surface area contributed by atoms with E-state index in [1.807, 2.05) is 31.2 Å².